The molecule has 1 aromatic carbocycles. The Morgan fingerprint density at radius 1 is 1.21 bits per heavy atom. The van der Waals surface area contributed by atoms with E-state index in [4.69, 9.17) is 33.2 Å². The number of hydrogen-bond acceptors (Lipinski definition) is 8. The molecular formula is C27H32Cl2N6O2S. The summed E-state index contributed by atoms with van der Waals surface area (Å²) < 4.78 is 0. The molecule has 6 rings (SSSR count). The molecule has 3 aliphatic rings. The molecule has 2 N–H and O–H groups in total. The second-order valence-corrected chi connectivity index (χ2v) is 13.1. The number of benzene rings is 1. The minimum absolute atomic E-state index is 0.0840. The van der Waals surface area contributed by atoms with Crippen LogP contribution in [-0.2, 0) is 4.79 Å². The molecule has 11 heteroatoms. The van der Waals surface area contributed by atoms with Gasteiger partial charge in [0.2, 0.25) is 5.95 Å². The van der Waals surface area contributed by atoms with Crippen LogP contribution < -0.4 is 10.2 Å². The summed E-state index contributed by atoms with van der Waals surface area (Å²) in [5.41, 5.74) is 2.98. The van der Waals surface area contributed by atoms with Crippen LogP contribution in [0.15, 0.2) is 23.7 Å². The lowest BCUT2D eigenvalue weighted by molar-refractivity contribution is -0.158. The first-order chi connectivity index (χ1) is 18.2. The number of nitrogens with zero attached hydrogens (tertiary/aromatic N) is 5. The van der Waals surface area contributed by atoms with Gasteiger partial charge in [-0.2, -0.15) is 9.97 Å². The van der Waals surface area contributed by atoms with Crippen LogP contribution in [0.25, 0.3) is 10.3 Å². The molecular weight excluding hydrogens is 543 g/mol. The summed E-state index contributed by atoms with van der Waals surface area (Å²) >= 11 is 14.1. The fourth-order valence-corrected chi connectivity index (χ4v) is 7.50. The van der Waals surface area contributed by atoms with E-state index in [0.29, 0.717) is 33.7 Å². The maximum Gasteiger partial charge on any atom is 0.309 e. The Hall–Kier alpha value is -2.20. The van der Waals surface area contributed by atoms with E-state index in [1.54, 1.807) is 11.6 Å². The average Bonchev–Trinajstić information content (AvgIpc) is 3.30. The minimum Gasteiger partial charge on any atom is -0.481 e. The van der Waals surface area contributed by atoms with Gasteiger partial charge in [0.25, 0.3) is 0 Å². The van der Waals surface area contributed by atoms with Crippen molar-refractivity contribution in [3.8, 4) is 0 Å². The van der Waals surface area contributed by atoms with Crippen molar-refractivity contribution in [2.24, 2.45) is 17.3 Å². The third-order valence-corrected chi connectivity index (χ3v) is 10.0. The fourth-order valence-electron chi connectivity index (χ4n) is 6.27. The summed E-state index contributed by atoms with van der Waals surface area (Å²) in [5.74, 6) is 2.03. The number of anilines is 2. The first kappa shape index (κ1) is 26.0. The number of carboxylic acid groups (broad SMARTS) is 1. The van der Waals surface area contributed by atoms with E-state index in [9.17, 15) is 9.90 Å². The van der Waals surface area contributed by atoms with Gasteiger partial charge in [-0.25, -0.2) is 4.98 Å². The van der Waals surface area contributed by atoms with E-state index in [-0.39, 0.29) is 6.04 Å². The zero-order chi connectivity index (χ0) is 26.6. The molecule has 202 valence electrons. The monoisotopic (exact) mass is 574 g/mol. The molecule has 0 radical (unpaired) electrons. The molecule has 4 heterocycles. The van der Waals surface area contributed by atoms with Crippen molar-refractivity contribution in [1.29, 1.82) is 0 Å². The van der Waals surface area contributed by atoms with E-state index >= 15 is 0 Å². The third kappa shape index (κ3) is 4.83. The van der Waals surface area contributed by atoms with Gasteiger partial charge in [0, 0.05) is 35.7 Å². The molecule has 0 spiro atoms. The standard InChI is InChI=1S/C27H32Cl2N6O2S/c1-15(20-6-5-18(28)8-21(20)29)31-23-22-24(38-14-30-22)33-26(32-23)35-12-17(13-35)16-4-3-7-34(11-16)19-9-27(2,10-19)25(36)37/h5-6,8,14-17,19H,3-4,7,9-13H2,1-2H3,(H,36,37)(H,31,32,33)/t15?,16-,19?,27?/m0/s1. The fraction of sp³-hybridized carbons (Fsp3) is 0.556. The van der Waals surface area contributed by atoms with Gasteiger partial charge in [0.1, 0.15) is 5.52 Å². The van der Waals surface area contributed by atoms with Crippen LogP contribution >= 0.6 is 34.5 Å². The molecule has 1 saturated carbocycles. The highest BCUT2D eigenvalue weighted by atomic mass is 35.5. The number of likely N-dealkylation sites (tertiary alicyclic amines) is 1. The molecule has 8 nitrogen and oxygen atoms in total. The molecule has 38 heavy (non-hydrogen) atoms. The van der Waals surface area contributed by atoms with Crippen molar-refractivity contribution < 1.29 is 9.90 Å². The van der Waals surface area contributed by atoms with Crippen molar-refractivity contribution in [2.45, 2.75) is 51.6 Å². The van der Waals surface area contributed by atoms with E-state index < -0.39 is 11.4 Å². The number of fused-ring (bicyclic) bond motifs is 1. The average molecular weight is 576 g/mol. The second kappa shape index (κ2) is 10.1. The van der Waals surface area contributed by atoms with Crippen LogP contribution in [0.2, 0.25) is 10.0 Å². The lowest BCUT2D eigenvalue weighted by atomic mass is 9.65. The van der Waals surface area contributed by atoms with E-state index in [2.05, 4.69) is 20.1 Å². The molecule has 3 fully saturated rings. The molecule has 3 aromatic rings. The molecule has 2 aliphatic heterocycles. The number of nitrogens with one attached hydrogen (secondary N) is 1. The van der Waals surface area contributed by atoms with Gasteiger partial charge < -0.3 is 20.2 Å². The number of thiazole rings is 1. The van der Waals surface area contributed by atoms with Crippen LogP contribution in [-0.4, -0.2) is 63.1 Å². The zero-order valence-corrected chi connectivity index (χ0v) is 23.9. The number of piperidine rings is 1. The summed E-state index contributed by atoms with van der Waals surface area (Å²) in [6.45, 7) is 7.97. The first-order valence-electron chi connectivity index (χ1n) is 13.3. The van der Waals surface area contributed by atoms with Crippen LogP contribution in [0.5, 0.6) is 0 Å². The topological polar surface area (TPSA) is 94.5 Å². The second-order valence-electron chi connectivity index (χ2n) is 11.4. The van der Waals surface area contributed by atoms with Crippen LogP contribution in [0, 0.1) is 17.3 Å². The summed E-state index contributed by atoms with van der Waals surface area (Å²) in [7, 11) is 0. The van der Waals surface area contributed by atoms with E-state index in [1.807, 2.05) is 26.0 Å². The molecule has 2 atom stereocenters. The number of aromatic nitrogens is 3. The van der Waals surface area contributed by atoms with E-state index in [0.717, 1.165) is 60.9 Å². The van der Waals surface area contributed by atoms with Crippen molar-refractivity contribution in [2.75, 3.05) is 36.4 Å². The molecule has 2 saturated heterocycles. The number of aliphatic carboxylic acids is 1. The van der Waals surface area contributed by atoms with Gasteiger partial charge >= 0.3 is 5.97 Å². The molecule has 0 bridgehead atoms. The summed E-state index contributed by atoms with van der Waals surface area (Å²) in [5, 5.41) is 14.2. The SMILES string of the molecule is CC(Nc1nc(N2CC([C@H]3CCCN(C4CC(C)(C(=O)O)C4)C3)C2)nc2scnc12)c1ccc(Cl)cc1Cl. The van der Waals surface area contributed by atoms with Gasteiger partial charge in [0.05, 0.1) is 17.0 Å². The number of rotatable bonds is 7. The number of carbonyl (C=O) groups is 1. The van der Waals surface area contributed by atoms with Crippen molar-refractivity contribution >= 4 is 62.6 Å². The Kier molecular flexibility index (Phi) is 6.91. The Balaban J connectivity index is 1.11. The first-order valence-corrected chi connectivity index (χ1v) is 14.9. The Labute approximate surface area is 236 Å². The third-order valence-electron chi connectivity index (χ3n) is 8.72. The van der Waals surface area contributed by atoms with Crippen molar-refractivity contribution in [3.63, 3.8) is 0 Å². The molecule has 1 aliphatic carbocycles. The number of halogens is 2. The van der Waals surface area contributed by atoms with Crippen molar-refractivity contribution in [3.05, 3.63) is 39.3 Å². The van der Waals surface area contributed by atoms with E-state index in [1.165, 1.54) is 24.2 Å². The number of carboxylic acids is 1. The molecule has 1 unspecified atom stereocenters. The Morgan fingerprint density at radius 3 is 2.74 bits per heavy atom. The normalized spacial score (nSPS) is 27.1. The lowest BCUT2D eigenvalue weighted by Crippen LogP contribution is -2.58. The largest absolute Gasteiger partial charge is 0.481 e. The maximum absolute atomic E-state index is 11.5. The zero-order valence-electron chi connectivity index (χ0n) is 21.5. The van der Waals surface area contributed by atoms with Gasteiger partial charge in [-0.1, -0.05) is 29.3 Å². The molecule has 0 amide bonds. The summed E-state index contributed by atoms with van der Waals surface area (Å²) in [6.07, 6.45) is 3.96. The highest BCUT2D eigenvalue weighted by Crippen LogP contribution is 2.45. The highest BCUT2D eigenvalue weighted by Gasteiger charge is 2.49. The summed E-state index contributed by atoms with van der Waals surface area (Å²) in [4.78, 5) is 31.4. The molecule has 2 aromatic heterocycles. The predicted octanol–water partition coefficient (Wildman–Crippen LogP) is 5.97. The lowest BCUT2D eigenvalue weighted by Gasteiger charge is -2.52. The van der Waals surface area contributed by atoms with Crippen molar-refractivity contribution in [1.82, 2.24) is 19.9 Å². The summed E-state index contributed by atoms with van der Waals surface area (Å²) in [6, 6.07) is 5.86. The van der Waals surface area contributed by atoms with Crippen LogP contribution in [0.1, 0.15) is 51.1 Å². The Morgan fingerprint density at radius 2 is 2.00 bits per heavy atom. The predicted molar refractivity (Wildman–Crippen MR) is 152 cm³/mol. The Bertz CT molecular complexity index is 1360. The van der Waals surface area contributed by atoms with Gasteiger partial charge in [0.15, 0.2) is 10.6 Å². The smallest absolute Gasteiger partial charge is 0.309 e. The van der Waals surface area contributed by atoms with Gasteiger partial charge in [-0.3, -0.25) is 4.79 Å². The minimum atomic E-state index is -0.658. The van der Waals surface area contributed by atoms with Crippen LogP contribution in [0.4, 0.5) is 11.8 Å². The maximum atomic E-state index is 11.5. The van der Waals surface area contributed by atoms with Gasteiger partial charge in [-0.15, -0.1) is 11.3 Å². The van der Waals surface area contributed by atoms with Crippen LogP contribution in [0.3, 0.4) is 0 Å². The van der Waals surface area contributed by atoms with Gasteiger partial charge in [-0.05, 0) is 75.6 Å². The quantitative estimate of drug-likeness (QED) is 0.356. The highest BCUT2D eigenvalue weighted by molar-refractivity contribution is 7.16. The number of hydrogen-bond donors (Lipinski definition) is 2.